The number of ether oxygens (including phenoxy) is 1. The predicted molar refractivity (Wildman–Crippen MR) is 128 cm³/mol. The van der Waals surface area contributed by atoms with Gasteiger partial charge < -0.3 is 20.5 Å². The fraction of sp³-hybridized carbons (Fsp3) is 0.444. The number of amides is 2. The van der Waals surface area contributed by atoms with Gasteiger partial charge in [-0.25, -0.2) is 4.79 Å². The fourth-order valence-corrected chi connectivity index (χ4v) is 4.91. The number of alkyl carbamates (subject to hydrolysis) is 1. The van der Waals surface area contributed by atoms with Gasteiger partial charge in [-0.05, 0) is 54.9 Å². The SMILES string of the molecule is CC(CCCC(=O)NCC1(C(=O)O)CCC1)NC(=O)OCC1c2ccccc2-c2ccccc21. The van der Waals surface area contributed by atoms with Crippen LogP contribution in [-0.2, 0) is 14.3 Å². The van der Waals surface area contributed by atoms with E-state index in [1.54, 1.807) is 0 Å². The molecule has 34 heavy (non-hydrogen) atoms. The third-order valence-corrected chi connectivity index (χ3v) is 7.14. The average Bonchev–Trinajstić information content (AvgIpc) is 3.10. The van der Waals surface area contributed by atoms with Crippen LogP contribution in [-0.4, -0.2) is 42.3 Å². The minimum atomic E-state index is -0.833. The van der Waals surface area contributed by atoms with E-state index in [2.05, 4.69) is 34.9 Å². The zero-order valence-corrected chi connectivity index (χ0v) is 19.5. The Morgan fingerprint density at radius 3 is 2.24 bits per heavy atom. The first kappa shape index (κ1) is 23.8. The van der Waals surface area contributed by atoms with Gasteiger partial charge in [0.1, 0.15) is 6.61 Å². The lowest BCUT2D eigenvalue weighted by Crippen LogP contribution is -2.47. The molecule has 0 aliphatic heterocycles. The van der Waals surface area contributed by atoms with E-state index >= 15 is 0 Å². The van der Waals surface area contributed by atoms with Crippen molar-refractivity contribution in [1.82, 2.24) is 10.6 Å². The summed E-state index contributed by atoms with van der Waals surface area (Å²) >= 11 is 0. The average molecular weight is 465 g/mol. The highest BCUT2D eigenvalue weighted by Gasteiger charge is 2.44. The second kappa shape index (κ2) is 10.3. The molecule has 1 unspecified atom stereocenters. The lowest BCUT2D eigenvalue weighted by Gasteiger charge is -2.37. The van der Waals surface area contributed by atoms with Crippen molar-refractivity contribution in [3.63, 3.8) is 0 Å². The highest BCUT2D eigenvalue weighted by atomic mass is 16.5. The van der Waals surface area contributed by atoms with Crippen LogP contribution in [0.3, 0.4) is 0 Å². The minimum absolute atomic E-state index is 0.0157. The molecule has 2 amide bonds. The molecule has 0 bridgehead atoms. The van der Waals surface area contributed by atoms with Crippen molar-refractivity contribution in [2.75, 3.05) is 13.2 Å². The molecule has 1 atom stereocenters. The largest absolute Gasteiger partial charge is 0.481 e. The smallest absolute Gasteiger partial charge is 0.407 e. The van der Waals surface area contributed by atoms with Crippen LogP contribution in [0.2, 0.25) is 0 Å². The molecule has 2 aliphatic carbocycles. The van der Waals surface area contributed by atoms with Gasteiger partial charge in [0.15, 0.2) is 0 Å². The van der Waals surface area contributed by atoms with Crippen LogP contribution in [0, 0.1) is 5.41 Å². The third-order valence-electron chi connectivity index (χ3n) is 7.14. The molecule has 0 heterocycles. The second-order valence-corrected chi connectivity index (χ2v) is 9.48. The number of fused-ring (bicyclic) bond motifs is 3. The van der Waals surface area contributed by atoms with Crippen LogP contribution in [0.4, 0.5) is 4.79 Å². The molecule has 1 saturated carbocycles. The number of nitrogens with one attached hydrogen (secondary N) is 2. The van der Waals surface area contributed by atoms with E-state index < -0.39 is 17.5 Å². The van der Waals surface area contributed by atoms with Crippen molar-refractivity contribution in [1.29, 1.82) is 0 Å². The molecule has 4 rings (SSSR count). The maximum absolute atomic E-state index is 12.4. The van der Waals surface area contributed by atoms with Crippen molar-refractivity contribution < 1.29 is 24.2 Å². The summed E-state index contributed by atoms with van der Waals surface area (Å²) in [5.74, 6) is -0.970. The normalized spacial score (nSPS) is 16.5. The standard InChI is InChI=1S/C27H32N2O5/c1-18(8-6-13-24(30)28-17-27(25(31)32)14-7-15-27)29-26(33)34-16-23-21-11-4-2-9-19(21)20-10-3-5-12-22(20)23/h2-5,9-12,18,23H,6-8,13-17H2,1H3,(H,28,30)(H,29,33)(H,31,32). The third kappa shape index (κ3) is 5.08. The summed E-state index contributed by atoms with van der Waals surface area (Å²) in [5.41, 5.74) is 3.93. The Kier molecular flexibility index (Phi) is 7.20. The molecule has 1 fully saturated rings. The highest BCUT2D eigenvalue weighted by Crippen LogP contribution is 2.44. The molecule has 0 saturated heterocycles. The summed E-state index contributed by atoms with van der Waals surface area (Å²) in [5, 5.41) is 14.9. The monoisotopic (exact) mass is 464 g/mol. The first-order valence-electron chi connectivity index (χ1n) is 12.0. The zero-order chi connectivity index (χ0) is 24.1. The molecule has 7 nitrogen and oxygen atoms in total. The van der Waals surface area contributed by atoms with Crippen molar-refractivity contribution in [2.24, 2.45) is 5.41 Å². The second-order valence-electron chi connectivity index (χ2n) is 9.48. The molecule has 180 valence electrons. The molecule has 7 heteroatoms. The van der Waals surface area contributed by atoms with Gasteiger partial charge in [0.05, 0.1) is 5.41 Å². The molecule has 3 N–H and O–H groups in total. The summed E-state index contributed by atoms with van der Waals surface area (Å²) in [7, 11) is 0. The van der Waals surface area contributed by atoms with Crippen LogP contribution in [0.1, 0.15) is 62.5 Å². The van der Waals surface area contributed by atoms with Gasteiger partial charge >= 0.3 is 12.1 Å². The number of hydrogen-bond donors (Lipinski definition) is 3. The molecule has 2 aromatic carbocycles. The summed E-state index contributed by atoms with van der Waals surface area (Å²) in [4.78, 5) is 35.8. The van der Waals surface area contributed by atoms with Crippen LogP contribution in [0.25, 0.3) is 11.1 Å². The Morgan fingerprint density at radius 1 is 1.06 bits per heavy atom. The quantitative estimate of drug-likeness (QED) is 0.482. The van der Waals surface area contributed by atoms with Crippen LogP contribution >= 0.6 is 0 Å². The molecule has 0 spiro atoms. The lowest BCUT2D eigenvalue weighted by atomic mass is 9.69. The molecule has 2 aliphatic rings. The molecule has 0 aromatic heterocycles. The van der Waals surface area contributed by atoms with Crippen molar-refractivity contribution in [3.8, 4) is 11.1 Å². The predicted octanol–water partition coefficient (Wildman–Crippen LogP) is 4.46. The van der Waals surface area contributed by atoms with Gasteiger partial charge in [0.25, 0.3) is 0 Å². The van der Waals surface area contributed by atoms with Gasteiger partial charge in [-0.1, -0.05) is 55.0 Å². The number of benzene rings is 2. The van der Waals surface area contributed by atoms with E-state index in [0.29, 0.717) is 32.1 Å². The van der Waals surface area contributed by atoms with Crippen LogP contribution in [0.5, 0.6) is 0 Å². The van der Waals surface area contributed by atoms with Gasteiger partial charge in [-0.15, -0.1) is 0 Å². The van der Waals surface area contributed by atoms with Crippen LogP contribution < -0.4 is 10.6 Å². The summed E-state index contributed by atoms with van der Waals surface area (Å²) in [6.45, 7) is 2.34. The van der Waals surface area contributed by atoms with Gasteiger partial charge in [-0.2, -0.15) is 0 Å². The molecule has 2 aromatic rings. The van der Waals surface area contributed by atoms with E-state index in [9.17, 15) is 19.5 Å². The summed E-state index contributed by atoms with van der Waals surface area (Å²) in [6.07, 6.45) is 3.17. The Balaban J connectivity index is 1.18. The molecule has 0 radical (unpaired) electrons. The van der Waals surface area contributed by atoms with E-state index in [0.717, 1.165) is 6.42 Å². The Bertz CT molecular complexity index is 1020. The number of aliphatic carboxylic acids is 1. The van der Waals surface area contributed by atoms with Crippen molar-refractivity contribution in [3.05, 3.63) is 59.7 Å². The number of rotatable bonds is 10. The lowest BCUT2D eigenvalue weighted by molar-refractivity contribution is -0.154. The topological polar surface area (TPSA) is 105 Å². The van der Waals surface area contributed by atoms with E-state index in [1.807, 2.05) is 31.2 Å². The first-order chi connectivity index (χ1) is 16.4. The van der Waals surface area contributed by atoms with Gasteiger partial charge in [0.2, 0.25) is 5.91 Å². The van der Waals surface area contributed by atoms with Gasteiger partial charge in [-0.3, -0.25) is 9.59 Å². The number of carboxylic acids is 1. The molecular formula is C27H32N2O5. The Labute approximate surface area is 199 Å². The number of hydrogen-bond acceptors (Lipinski definition) is 4. The maximum Gasteiger partial charge on any atom is 0.407 e. The number of carbonyl (C=O) groups excluding carboxylic acids is 2. The zero-order valence-electron chi connectivity index (χ0n) is 19.5. The van der Waals surface area contributed by atoms with E-state index in [-0.39, 0.29) is 31.0 Å². The Hall–Kier alpha value is -3.35. The van der Waals surface area contributed by atoms with Crippen LogP contribution in [0.15, 0.2) is 48.5 Å². The van der Waals surface area contributed by atoms with Gasteiger partial charge in [0, 0.05) is 24.9 Å². The fourth-order valence-electron chi connectivity index (χ4n) is 4.91. The molecular weight excluding hydrogens is 432 g/mol. The first-order valence-corrected chi connectivity index (χ1v) is 12.0. The minimum Gasteiger partial charge on any atom is -0.481 e. The Morgan fingerprint density at radius 2 is 1.68 bits per heavy atom. The number of carboxylic acid groups (broad SMARTS) is 1. The van der Waals surface area contributed by atoms with Crippen molar-refractivity contribution in [2.45, 2.75) is 57.4 Å². The summed E-state index contributed by atoms with van der Waals surface area (Å²) < 4.78 is 5.57. The van der Waals surface area contributed by atoms with E-state index in [1.165, 1.54) is 22.3 Å². The number of carbonyl (C=O) groups is 3. The summed E-state index contributed by atoms with van der Waals surface area (Å²) in [6, 6.07) is 16.3. The van der Waals surface area contributed by atoms with E-state index in [4.69, 9.17) is 4.74 Å². The highest BCUT2D eigenvalue weighted by molar-refractivity contribution is 5.80. The van der Waals surface area contributed by atoms with Crippen molar-refractivity contribution >= 4 is 18.0 Å². The maximum atomic E-state index is 12.4.